The third kappa shape index (κ3) is 2.25. The van der Waals surface area contributed by atoms with Gasteiger partial charge in [-0.05, 0) is 30.2 Å². The van der Waals surface area contributed by atoms with Crippen molar-refractivity contribution in [2.75, 3.05) is 0 Å². The fourth-order valence-electron chi connectivity index (χ4n) is 2.92. The van der Waals surface area contributed by atoms with E-state index in [4.69, 9.17) is 0 Å². The van der Waals surface area contributed by atoms with Crippen LogP contribution >= 0.6 is 11.3 Å². The van der Waals surface area contributed by atoms with Crippen molar-refractivity contribution in [2.45, 2.75) is 51.5 Å². The molecule has 1 aromatic heterocycles. The van der Waals surface area contributed by atoms with Gasteiger partial charge in [0, 0.05) is 22.8 Å². The van der Waals surface area contributed by atoms with Crippen LogP contribution in [0.2, 0.25) is 0 Å². The smallest absolute Gasteiger partial charge is 0.221 e. The summed E-state index contributed by atoms with van der Waals surface area (Å²) in [6, 6.07) is 4.58. The largest absolute Gasteiger partial charge is 0.352 e. The Kier molecular flexibility index (Phi) is 3.57. The summed E-state index contributed by atoms with van der Waals surface area (Å²) in [7, 11) is 0. The molecule has 1 amide bonds. The van der Waals surface area contributed by atoms with Crippen LogP contribution < -0.4 is 5.32 Å². The van der Waals surface area contributed by atoms with Gasteiger partial charge in [0.2, 0.25) is 5.91 Å². The molecule has 1 N–H and O–H groups in total. The number of amides is 1. The quantitative estimate of drug-likeness (QED) is 0.873. The minimum Gasteiger partial charge on any atom is -0.352 e. The van der Waals surface area contributed by atoms with Crippen molar-refractivity contribution in [1.29, 1.82) is 0 Å². The van der Waals surface area contributed by atoms with Crippen LogP contribution in [0, 0.1) is 5.92 Å². The highest BCUT2D eigenvalue weighted by molar-refractivity contribution is 7.10. The molecule has 0 aliphatic carbocycles. The molecule has 3 heteroatoms. The molecule has 17 heavy (non-hydrogen) atoms. The first-order chi connectivity index (χ1) is 8.08. The molecule has 94 valence electrons. The summed E-state index contributed by atoms with van der Waals surface area (Å²) in [5.74, 6) is 0.829. The molecule has 0 aromatic carbocycles. The second-order valence-electron chi connectivity index (χ2n) is 5.41. The Hall–Kier alpha value is -0.830. The summed E-state index contributed by atoms with van der Waals surface area (Å²) in [6.45, 7) is 6.64. The number of rotatable bonds is 4. The number of nitrogens with one attached hydrogen (secondary N) is 1. The van der Waals surface area contributed by atoms with E-state index in [1.54, 1.807) is 11.3 Å². The number of thiophene rings is 1. The van der Waals surface area contributed by atoms with Crippen molar-refractivity contribution in [3.8, 4) is 0 Å². The van der Waals surface area contributed by atoms with Gasteiger partial charge in [-0.2, -0.15) is 0 Å². The predicted octanol–water partition coefficient (Wildman–Crippen LogP) is 3.33. The molecule has 1 aliphatic rings. The number of carbonyl (C=O) groups excluding carboxylic acids is 1. The lowest BCUT2D eigenvalue weighted by atomic mass is 9.74. The monoisotopic (exact) mass is 251 g/mol. The van der Waals surface area contributed by atoms with E-state index in [1.807, 2.05) is 0 Å². The molecule has 1 aromatic rings. The van der Waals surface area contributed by atoms with E-state index in [2.05, 4.69) is 43.6 Å². The third-order valence-corrected chi connectivity index (χ3v) is 4.92. The van der Waals surface area contributed by atoms with E-state index in [1.165, 1.54) is 4.88 Å². The Labute approximate surface area is 107 Å². The Morgan fingerprint density at radius 2 is 2.35 bits per heavy atom. The minimum atomic E-state index is 0.0372. The van der Waals surface area contributed by atoms with Gasteiger partial charge in [0.1, 0.15) is 0 Å². The van der Waals surface area contributed by atoms with Gasteiger partial charge in [0.15, 0.2) is 0 Å². The highest BCUT2D eigenvalue weighted by Crippen LogP contribution is 2.43. The maximum absolute atomic E-state index is 11.8. The van der Waals surface area contributed by atoms with Gasteiger partial charge in [-0.1, -0.05) is 26.8 Å². The van der Waals surface area contributed by atoms with Crippen LogP contribution in [-0.2, 0) is 10.2 Å². The first-order valence-electron chi connectivity index (χ1n) is 6.42. The van der Waals surface area contributed by atoms with E-state index in [-0.39, 0.29) is 11.3 Å². The lowest BCUT2D eigenvalue weighted by Gasteiger charge is -2.33. The van der Waals surface area contributed by atoms with Crippen molar-refractivity contribution in [1.82, 2.24) is 5.32 Å². The first kappa shape index (κ1) is 12.6. The van der Waals surface area contributed by atoms with E-state index >= 15 is 0 Å². The van der Waals surface area contributed by atoms with Gasteiger partial charge >= 0.3 is 0 Å². The average molecular weight is 251 g/mol. The third-order valence-electron chi connectivity index (χ3n) is 3.83. The molecule has 0 radical (unpaired) electrons. The van der Waals surface area contributed by atoms with E-state index < -0.39 is 0 Å². The maximum Gasteiger partial charge on any atom is 0.221 e. The van der Waals surface area contributed by atoms with Crippen molar-refractivity contribution in [3.05, 3.63) is 22.4 Å². The highest BCUT2D eigenvalue weighted by Gasteiger charge is 2.47. The summed E-state index contributed by atoms with van der Waals surface area (Å²) < 4.78 is 0. The van der Waals surface area contributed by atoms with Gasteiger partial charge < -0.3 is 5.32 Å². The zero-order chi connectivity index (χ0) is 12.5. The van der Waals surface area contributed by atoms with Crippen LogP contribution in [0.15, 0.2) is 17.5 Å². The molecule has 2 heterocycles. The van der Waals surface area contributed by atoms with Crippen LogP contribution in [0.4, 0.5) is 0 Å². The molecule has 2 nitrogen and oxygen atoms in total. The Balaban J connectivity index is 2.33. The molecule has 1 saturated heterocycles. The van der Waals surface area contributed by atoms with Crippen LogP contribution in [0.1, 0.15) is 44.9 Å². The van der Waals surface area contributed by atoms with Crippen molar-refractivity contribution in [3.63, 3.8) is 0 Å². The molecule has 0 spiro atoms. The topological polar surface area (TPSA) is 29.1 Å². The summed E-state index contributed by atoms with van der Waals surface area (Å²) in [4.78, 5) is 13.2. The Morgan fingerprint density at radius 1 is 1.59 bits per heavy atom. The van der Waals surface area contributed by atoms with E-state index in [0.717, 1.165) is 12.8 Å². The molecular weight excluding hydrogens is 230 g/mol. The van der Waals surface area contributed by atoms with E-state index in [0.29, 0.717) is 18.4 Å². The molecule has 2 atom stereocenters. The zero-order valence-corrected chi connectivity index (χ0v) is 11.6. The number of hydrogen-bond donors (Lipinski definition) is 1. The average Bonchev–Trinajstić information content (AvgIpc) is 2.85. The van der Waals surface area contributed by atoms with Gasteiger partial charge in [-0.3, -0.25) is 4.79 Å². The predicted molar refractivity (Wildman–Crippen MR) is 72.3 cm³/mol. The van der Waals surface area contributed by atoms with Gasteiger partial charge in [0.25, 0.3) is 0 Å². The van der Waals surface area contributed by atoms with Crippen molar-refractivity contribution in [2.24, 2.45) is 5.92 Å². The maximum atomic E-state index is 11.8. The van der Waals surface area contributed by atoms with Gasteiger partial charge in [0.05, 0.1) is 0 Å². The van der Waals surface area contributed by atoms with Crippen LogP contribution in [-0.4, -0.2) is 11.9 Å². The lowest BCUT2D eigenvalue weighted by Crippen LogP contribution is -2.40. The fraction of sp³-hybridized carbons (Fsp3) is 0.643. The normalized spacial score (nSPS) is 28.7. The Morgan fingerprint density at radius 3 is 2.88 bits per heavy atom. The molecule has 1 aliphatic heterocycles. The molecule has 1 fully saturated rings. The fourth-order valence-corrected chi connectivity index (χ4v) is 3.97. The Bertz CT molecular complexity index is 385. The second-order valence-corrected chi connectivity index (χ2v) is 6.36. The first-order valence-corrected chi connectivity index (χ1v) is 7.30. The van der Waals surface area contributed by atoms with Crippen LogP contribution in [0.25, 0.3) is 0 Å². The molecule has 2 unspecified atom stereocenters. The summed E-state index contributed by atoms with van der Waals surface area (Å²) in [6.07, 6.45) is 2.75. The number of carbonyl (C=O) groups is 1. The molecular formula is C14H21NOS. The van der Waals surface area contributed by atoms with Crippen molar-refractivity contribution >= 4 is 17.2 Å². The van der Waals surface area contributed by atoms with Crippen LogP contribution in [0.3, 0.4) is 0 Å². The van der Waals surface area contributed by atoms with E-state index in [9.17, 15) is 4.79 Å². The summed E-state index contributed by atoms with van der Waals surface area (Å²) in [5, 5.41) is 5.30. The van der Waals surface area contributed by atoms with Gasteiger partial charge in [-0.25, -0.2) is 0 Å². The highest BCUT2D eigenvalue weighted by atomic mass is 32.1. The SMILES string of the molecule is CCC1(c2cccs2)CC(=O)NC1CC(C)C. The van der Waals surface area contributed by atoms with Crippen molar-refractivity contribution < 1.29 is 4.79 Å². The molecule has 0 saturated carbocycles. The summed E-state index contributed by atoms with van der Waals surface area (Å²) >= 11 is 1.78. The standard InChI is InChI=1S/C14H21NOS/c1-4-14(12-6-5-7-17-12)9-13(16)15-11(14)8-10(2)3/h5-7,10-11H,4,8-9H2,1-3H3,(H,15,16). The minimum absolute atomic E-state index is 0.0372. The summed E-state index contributed by atoms with van der Waals surface area (Å²) in [5.41, 5.74) is 0.0372. The molecule has 2 rings (SSSR count). The zero-order valence-electron chi connectivity index (χ0n) is 10.8. The molecule has 0 bridgehead atoms. The second kappa shape index (κ2) is 4.81. The van der Waals surface area contributed by atoms with Crippen LogP contribution in [0.5, 0.6) is 0 Å². The van der Waals surface area contributed by atoms with Gasteiger partial charge in [-0.15, -0.1) is 11.3 Å². The number of hydrogen-bond acceptors (Lipinski definition) is 2. The lowest BCUT2D eigenvalue weighted by molar-refractivity contribution is -0.119.